The molecule has 0 spiro atoms. The minimum atomic E-state index is -3.12. The third-order valence-corrected chi connectivity index (χ3v) is 0.421. The molecule has 10 heavy (non-hydrogen) atoms. The van der Waals surface area contributed by atoms with Crippen LogP contribution in [0.2, 0.25) is 0 Å². The van der Waals surface area contributed by atoms with Gasteiger partial charge in [0.25, 0.3) is 11.0 Å². The van der Waals surface area contributed by atoms with E-state index in [4.69, 9.17) is 18.7 Å². The number of rotatable bonds is 1. The number of carbonyl (C=O) groups is 1. The zero-order valence-corrected chi connectivity index (χ0v) is 6.30. The van der Waals surface area contributed by atoms with Crippen molar-refractivity contribution >= 4 is 16.9 Å². The normalized spacial score (nSPS) is 7.90. The summed E-state index contributed by atoms with van der Waals surface area (Å²) < 4.78 is 24.2. The van der Waals surface area contributed by atoms with Crippen LogP contribution in [0.3, 0.4) is 0 Å². The Kier molecular flexibility index (Phi) is 7.41. The Morgan fingerprint density at radius 1 is 1.60 bits per heavy atom. The maximum atomic E-state index is 9.82. The van der Waals surface area contributed by atoms with E-state index in [1.54, 1.807) is 6.92 Å². The first kappa shape index (κ1) is 11.9. The van der Waals surface area contributed by atoms with E-state index >= 15 is 0 Å². The Balaban J connectivity index is 0. The van der Waals surface area contributed by atoms with E-state index < -0.39 is 16.9 Å². The highest BCUT2D eigenvalue weighted by Gasteiger charge is 1.86. The quantitative estimate of drug-likeness (QED) is 0.268. The standard InChI is InChI=1S/C4H7NO.H2O3S/c1-3(2)4(5)6;1-4(2)3/h1H2,2H3,(H2,5,6);4H,(H,1,2,3). The SMILES string of the molecule is C=C(C)C(N)=O.O=[SH](=O)O. The van der Waals surface area contributed by atoms with E-state index in [1.165, 1.54) is 0 Å². The number of carbonyl (C=O) groups excluding carboxylic acids is 1. The van der Waals surface area contributed by atoms with Crippen molar-refractivity contribution in [3.8, 4) is 0 Å². The number of primary amides is 1. The summed E-state index contributed by atoms with van der Waals surface area (Å²) in [4.78, 5) is 9.82. The zero-order chi connectivity index (χ0) is 8.73. The van der Waals surface area contributed by atoms with E-state index in [1.807, 2.05) is 0 Å². The minimum Gasteiger partial charge on any atom is -0.366 e. The van der Waals surface area contributed by atoms with Gasteiger partial charge in [0.1, 0.15) is 0 Å². The van der Waals surface area contributed by atoms with Crippen LogP contribution >= 0.6 is 0 Å². The Labute approximate surface area is 60.3 Å². The van der Waals surface area contributed by atoms with Gasteiger partial charge in [-0.25, -0.2) is 8.42 Å². The van der Waals surface area contributed by atoms with Crippen LogP contribution in [0.1, 0.15) is 6.92 Å². The lowest BCUT2D eigenvalue weighted by Crippen LogP contribution is -2.10. The monoisotopic (exact) mass is 167 g/mol. The molecule has 5 nitrogen and oxygen atoms in total. The lowest BCUT2D eigenvalue weighted by atomic mass is 10.3. The summed E-state index contributed by atoms with van der Waals surface area (Å²) in [5.41, 5.74) is 5.09. The Hall–Kier alpha value is -0.880. The number of thiol groups is 1. The highest BCUT2D eigenvalue weighted by molar-refractivity contribution is 7.66. The molecular weight excluding hydrogens is 158 g/mol. The van der Waals surface area contributed by atoms with Gasteiger partial charge in [0.05, 0.1) is 0 Å². The van der Waals surface area contributed by atoms with Gasteiger partial charge in [-0.1, -0.05) is 6.58 Å². The fraction of sp³-hybridized carbons (Fsp3) is 0.250. The lowest BCUT2D eigenvalue weighted by molar-refractivity contribution is -0.114. The smallest absolute Gasteiger partial charge is 0.254 e. The minimum absolute atomic E-state index is 0.398. The van der Waals surface area contributed by atoms with Gasteiger partial charge in [0.15, 0.2) is 0 Å². The fourth-order valence-corrected chi connectivity index (χ4v) is 0. The average molecular weight is 167 g/mol. The molecule has 0 heterocycles. The first-order valence-corrected chi connectivity index (χ1v) is 3.29. The van der Waals surface area contributed by atoms with Crippen molar-refractivity contribution in [1.29, 1.82) is 0 Å². The van der Waals surface area contributed by atoms with Crippen molar-refractivity contribution in [2.75, 3.05) is 0 Å². The highest BCUT2D eigenvalue weighted by atomic mass is 32.2. The van der Waals surface area contributed by atoms with Gasteiger partial charge in [-0.05, 0) is 6.92 Å². The molecule has 3 N–H and O–H groups in total. The van der Waals surface area contributed by atoms with Crippen molar-refractivity contribution in [3.05, 3.63) is 12.2 Å². The molecule has 0 aliphatic carbocycles. The second-order valence-electron chi connectivity index (χ2n) is 1.38. The first-order chi connectivity index (χ1) is 4.37. The van der Waals surface area contributed by atoms with E-state index in [-0.39, 0.29) is 0 Å². The molecule has 0 aliphatic heterocycles. The maximum absolute atomic E-state index is 9.82. The summed E-state index contributed by atoms with van der Waals surface area (Å²) in [6.07, 6.45) is 0. The topological polar surface area (TPSA) is 97.5 Å². The van der Waals surface area contributed by atoms with Gasteiger partial charge < -0.3 is 5.73 Å². The highest BCUT2D eigenvalue weighted by Crippen LogP contribution is 1.78. The van der Waals surface area contributed by atoms with Gasteiger partial charge in [0.2, 0.25) is 5.91 Å². The molecular formula is C4H9NO4S. The van der Waals surface area contributed by atoms with Crippen molar-refractivity contribution in [2.24, 2.45) is 5.73 Å². The molecule has 6 heteroatoms. The molecule has 0 aromatic heterocycles. The summed E-state index contributed by atoms with van der Waals surface area (Å²) in [5.74, 6) is -0.435. The van der Waals surface area contributed by atoms with Crippen LogP contribution in [0.4, 0.5) is 0 Å². The third-order valence-electron chi connectivity index (χ3n) is 0.421. The van der Waals surface area contributed by atoms with Crippen molar-refractivity contribution in [2.45, 2.75) is 6.92 Å². The second-order valence-corrected chi connectivity index (χ2v) is 1.86. The Morgan fingerprint density at radius 2 is 1.70 bits per heavy atom. The van der Waals surface area contributed by atoms with Crippen molar-refractivity contribution in [1.82, 2.24) is 0 Å². The molecule has 60 valence electrons. The average Bonchev–Trinajstić information content (AvgIpc) is 1.63. The summed E-state index contributed by atoms with van der Waals surface area (Å²) in [6.45, 7) is 4.85. The molecule has 0 aromatic rings. The lowest BCUT2D eigenvalue weighted by Gasteiger charge is -1.81. The number of amides is 1. The van der Waals surface area contributed by atoms with Crippen LogP contribution in [0.25, 0.3) is 0 Å². The van der Waals surface area contributed by atoms with Crippen LogP contribution in [0.5, 0.6) is 0 Å². The predicted molar refractivity (Wildman–Crippen MR) is 37.0 cm³/mol. The summed E-state index contributed by atoms with van der Waals surface area (Å²) in [5, 5.41) is 0. The van der Waals surface area contributed by atoms with Gasteiger partial charge in [-0.2, -0.15) is 0 Å². The molecule has 1 amide bonds. The van der Waals surface area contributed by atoms with Gasteiger partial charge in [-0.3, -0.25) is 9.35 Å². The van der Waals surface area contributed by atoms with E-state index in [0.717, 1.165) is 0 Å². The van der Waals surface area contributed by atoms with Gasteiger partial charge in [-0.15, -0.1) is 0 Å². The Morgan fingerprint density at radius 3 is 1.70 bits per heavy atom. The molecule has 0 saturated carbocycles. The molecule has 0 radical (unpaired) electrons. The molecule has 0 aliphatic rings. The van der Waals surface area contributed by atoms with Crippen LogP contribution in [-0.4, -0.2) is 18.9 Å². The predicted octanol–water partition coefficient (Wildman–Crippen LogP) is -0.881. The third kappa shape index (κ3) is 27.4. The molecule has 0 rings (SSSR count). The summed E-state index contributed by atoms with van der Waals surface area (Å²) in [6, 6.07) is 0. The Bertz CT molecular complexity index is 175. The molecule has 0 aromatic carbocycles. The maximum Gasteiger partial charge on any atom is 0.254 e. The fourth-order valence-electron chi connectivity index (χ4n) is 0. The van der Waals surface area contributed by atoms with E-state index in [2.05, 4.69) is 6.58 Å². The van der Waals surface area contributed by atoms with E-state index in [9.17, 15) is 4.79 Å². The van der Waals surface area contributed by atoms with Crippen LogP contribution in [-0.2, 0) is 15.8 Å². The number of hydrogen-bond acceptors (Lipinski definition) is 3. The molecule has 0 fully saturated rings. The molecule has 0 atom stereocenters. The molecule has 0 saturated heterocycles. The molecule has 0 bridgehead atoms. The van der Waals surface area contributed by atoms with Crippen LogP contribution < -0.4 is 5.73 Å². The van der Waals surface area contributed by atoms with Gasteiger partial charge in [0, 0.05) is 5.57 Å². The zero-order valence-electron chi connectivity index (χ0n) is 5.40. The van der Waals surface area contributed by atoms with Crippen molar-refractivity contribution < 1.29 is 17.8 Å². The van der Waals surface area contributed by atoms with E-state index in [0.29, 0.717) is 5.57 Å². The summed E-state index contributed by atoms with van der Waals surface area (Å²) in [7, 11) is -3.12. The second kappa shape index (κ2) is 6.24. The van der Waals surface area contributed by atoms with Crippen molar-refractivity contribution in [3.63, 3.8) is 0 Å². The number of hydrogen-bond donors (Lipinski definition) is 3. The van der Waals surface area contributed by atoms with Gasteiger partial charge >= 0.3 is 0 Å². The summed E-state index contributed by atoms with van der Waals surface area (Å²) >= 11 is 0. The molecule has 0 unspecified atom stereocenters. The largest absolute Gasteiger partial charge is 0.366 e. The first-order valence-electron chi connectivity index (χ1n) is 2.16. The van der Waals surface area contributed by atoms with Crippen LogP contribution in [0.15, 0.2) is 12.2 Å². The number of nitrogens with two attached hydrogens (primary N) is 1. The van der Waals surface area contributed by atoms with Crippen LogP contribution in [0, 0.1) is 0 Å².